The molecule has 1 aromatic heterocycles. The first-order chi connectivity index (χ1) is 24.2. The summed E-state index contributed by atoms with van der Waals surface area (Å²) in [6.45, 7) is 0. The fraction of sp³-hybridized carbons (Fsp3) is 0. The fourth-order valence-electron chi connectivity index (χ4n) is 7.49. The van der Waals surface area contributed by atoms with Crippen molar-refractivity contribution in [2.75, 3.05) is 0 Å². The molecule has 9 rings (SSSR count). The van der Waals surface area contributed by atoms with Gasteiger partial charge in [-0.15, -0.1) is 0 Å². The highest BCUT2D eigenvalue weighted by Crippen LogP contribution is 2.44. The van der Waals surface area contributed by atoms with Gasteiger partial charge >= 0.3 is 0 Å². The molecule has 226 valence electrons. The fourth-order valence-corrected chi connectivity index (χ4v) is 7.49. The highest BCUT2D eigenvalue weighted by molar-refractivity contribution is 6.21. The van der Waals surface area contributed by atoms with Crippen molar-refractivity contribution in [1.29, 1.82) is 10.5 Å². The second kappa shape index (κ2) is 11.4. The summed E-state index contributed by atoms with van der Waals surface area (Å²) in [5, 5.41) is 26.9. The Bertz CT molecular complexity index is 2770. The van der Waals surface area contributed by atoms with Crippen molar-refractivity contribution in [3.05, 3.63) is 175 Å². The van der Waals surface area contributed by atoms with Gasteiger partial charge in [-0.25, -0.2) is 0 Å². The minimum absolute atomic E-state index is 0.585. The first-order valence-corrected chi connectivity index (χ1v) is 16.3. The molecule has 0 radical (unpaired) electrons. The van der Waals surface area contributed by atoms with E-state index in [0.29, 0.717) is 11.1 Å². The van der Waals surface area contributed by atoms with Crippen molar-refractivity contribution in [3.63, 3.8) is 0 Å². The normalized spacial score (nSPS) is 11.2. The number of para-hydroxylation sites is 1. The molecular weight excluding hydrogens is 595 g/mol. The maximum Gasteiger partial charge on any atom is 0.101 e. The van der Waals surface area contributed by atoms with Crippen molar-refractivity contribution in [3.8, 4) is 51.2 Å². The van der Waals surface area contributed by atoms with Gasteiger partial charge in [-0.3, -0.25) is 0 Å². The molecule has 1 heterocycles. The summed E-state index contributed by atoms with van der Waals surface area (Å²) in [6.07, 6.45) is 0. The third-order valence-corrected chi connectivity index (χ3v) is 9.66. The topological polar surface area (TPSA) is 52.5 Å². The zero-order chi connectivity index (χ0) is 32.9. The van der Waals surface area contributed by atoms with Gasteiger partial charge in [0.1, 0.15) is 6.07 Å². The van der Waals surface area contributed by atoms with Gasteiger partial charge in [0.05, 0.1) is 33.9 Å². The second-order valence-electron chi connectivity index (χ2n) is 12.3. The lowest BCUT2D eigenvalue weighted by Crippen LogP contribution is -1.98. The van der Waals surface area contributed by atoms with Crippen LogP contribution in [-0.2, 0) is 0 Å². The molecule has 0 N–H and O–H groups in total. The average molecular weight is 622 g/mol. The zero-order valence-corrected chi connectivity index (χ0v) is 26.4. The molecule has 49 heavy (non-hydrogen) atoms. The van der Waals surface area contributed by atoms with Gasteiger partial charge in [0.25, 0.3) is 0 Å². The van der Waals surface area contributed by atoms with Crippen molar-refractivity contribution in [1.82, 2.24) is 4.57 Å². The number of rotatable bonds is 4. The molecule has 8 aromatic carbocycles. The van der Waals surface area contributed by atoms with E-state index in [-0.39, 0.29) is 0 Å². The maximum absolute atomic E-state index is 10.4. The molecule has 9 aromatic rings. The molecule has 0 aliphatic rings. The van der Waals surface area contributed by atoms with E-state index in [4.69, 9.17) is 0 Å². The van der Waals surface area contributed by atoms with Crippen LogP contribution in [0, 0.1) is 22.7 Å². The molecule has 0 fully saturated rings. The number of nitrogens with zero attached hydrogens (tertiary/aromatic N) is 3. The molecule has 0 saturated heterocycles. The van der Waals surface area contributed by atoms with Crippen LogP contribution in [0.4, 0.5) is 0 Å². The summed E-state index contributed by atoms with van der Waals surface area (Å²) in [6, 6.07) is 61.5. The van der Waals surface area contributed by atoms with Crippen LogP contribution in [0.3, 0.4) is 0 Å². The molecule has 3 heteroatoms. The second-order valence-corrected chi connectivity index (χ2v) is 12.3. The third-order valence-electron chi connectivity index (χ3n) is 9.66. The van der Waals surface area contributed by atoms with E-state index in [1.54, 1.807) is 0 Å². The van der Waals surface area contributed by atoms with Crippen LogP contribution in [0.5, 0.6) is 0 Å². The van der Waals surface area contributed by atoms with Gasteiger partial charge in [-0.1, -0.05) is 127 Å². The Labute approximate surface area is 283 Å². The number of nitriles is 2. The predicted molar refractivity (Wildman–Crippen MR) is 202 cm³/mol. The van der Waals surface area contributed by atoms with Crippen LogP contribution in [-0.4, -0.2) is 4.57 Å². The minimum Gasteiger partial charge on any atom is -0.308 e. The van der Waals surface area contributed by atoms with E-state index in [9.17, 15) is 10.5 Å². The van der Waals surface area contributed by atoms with E-state index in [2.05, 4.69) is 138 Å². The van der Waals surface area contributed by atoms with Crippen LogP contribution in [0.15, 0.2) is 164 Å². The molecule has 3 nitrogen and oxygen atoms in total. The molecule has 0 spiro atoms. The minimum atomic E-state index is 0.585. The Hall–Kier alpha value is -6.94. The summed E-state index contributed by atoms with van der Waals surface area (Å²) in [5.41, 5.74) is 10.8. The van der Waals surface area contributed by atoms with Crippen molar-refractivity contribution in [2.45, 2.75) is 0 Å². The lowest BCUT2D eigenvalue weighted by atomic mass is 9.85. The largest absolute Gasteiger partial charge is 0.308 e. The molecule has 0 atom stereocenters. The van der Waals surface area contributed by atoms with Gasteiger partial charge < -0.3 is 4.57 Å². The lowest BCUT2D eigenvalue weighted by molar-refractivity contribution is 1.17. The monoisotopic (exact) mass is 621 g/mol. The number of aromatic nitrogens is 1. The third kappa shape index (κ3) is 4.49. The predicted octanol–water partition coefficient (Wildman–Crippen LogP) is 11.8. The summed E-state index contributed by atoms with van der Waals surface area (Å²) in [4.78, 5) is 0. The highest BCUT2D eigenvalue weighted by atomic mass is 15.0. The van der Waals surface area contributed by atoms with Crippen molar-refractivity contribution in [2.24, 2.45) is 0 Å². The van der Waals surface area contributed by atoms with Crippen LogP contribution >= 0.6 is 0 Å². The summed E-state index contributed by atoms with van der Waals surface area (Å²) in [5.74, 6) is 0. The van der Waals surface area contributed by atoms with E-state index in [1.807, 2.05) is 42.5 Å². The number of hydrogen-bond donors (Lipinski definition) is 0. The first kappa shape index (κ1) is 28.3. The number of benzene rings is 8. The Morgan fingerprint density at radius 2 is 0.878 bits per heavy atom. The van der Waals surface area contributed by atoms with Gasteiger partial charge in [0, 0.05) is 10.8 Å². The first-order valence-electron chi connectivity index (χ1n) is 16.3. The van der Waals surface area contributed by atoms with Crippen LogP contribution in [0.25, 0.3) is 82.4 Å². The van der Waals surface area contributed by atoms with Crippen LogP contribution < -0.4 is 0 Å². The molecule has 0 aliphatic carbocycles. The Morgan fingerprint density at radius 1 is 0.367 bits per heavy atom. The Balaban J connectivity index is 1.17. The quantitative estimate of drug-likeness (QED) is 0.184. The molecule has 0 saturated carbocycles. The zero-order valence-electron chi connectivity index (χ0n) is 26.4. The molecule has 0 aliphatic heterocycles. The molecule has 0 amide bonds. The smallest absolute Gasteiger partial charge is 0.101 e. The van der Waals surface area contributed by atoms with Gasteiger partial charge in [0.15, 0.2) is 0 Å². The standard InChI is InChI=1S/C46H27N3/c47-28-30-18-24-44-41(26-30)36-12-8-9-17-43(36)49(44)42-25-23-34(27-35(42)29-48)31-19-21-33(22-20-31)46-39-15-6-4-13-37(39)45(32-10-2-1-3-11-32)38-14-5-7-16-40(38)46/h1-27H. The van der Waals surface area contributed by atoms with Gasteiger partial charge in [-0.2, -0.15) is 10.5 Å². The highest BCUT2D eigenvalue weighted by Gasteiger charge is 2.18. The number of hydrogen-bond acceptors (Lipinski definition) is 2. The molecule has 0 bridgehead atoms. The lowest BCUT2D eigenvalue weighted by Gasteiger charge is -2.18. The van der Waals surface area contributed by atoms with Crippen LogP contribution in [0.1, 0.15) is 11.1 Å². The summed E-state index contributed by atoms with van der Waals surface area (Å²) >= 11 is 0. The summed E-state index contributed by atoms with van der Waals surface area (Å²) < 4.78 is 2.13. The molecule has 0 unspecified atom stereocenters. The van der Waals surface area contributed by atoms with E-state index in [1.165, 1.54) is 38.2 Å². The van der Waals surface area contributed by atoms with Crippen molar-refractivity contribution >= 4 is 43.4 Å². The molecular formula is C46H27N3. The summed E-state index contributed by atoms with van der Waals surface area (Å²) in [7, 11) is 0. The van der Waals surface area contributed by atoms with E-state index in [0.717, 1.165) is 44.2 Å². The Morgan fingerprint density at radius 3 is 1.49 bits per heavy atom. The van der Waals surface area contributed by atoms with E-state index < -0.39 is 0 Å². The average Bonchev–Trinajstić information content (AvgIpc) is 3.50. The van der Waals surface area contributed by atoms with E-state index >= 15 is 0 Å². The van der Waals surface area contributed by atoms with Crippen LogP contribution in [0.2, 0.25) is 0 Å². The van der Waals surface area contributed by atoms with Gasteiger partial charge in [0.2, 0.25) is 0 Å². The van der Waals surface area contributed by atoms with Gasteiger partial charge in [-0.05, 0) is 91.3 Å². The SMILES string of the molecule is N#Cc1ccc2c(c1)c1ccccc1n2-c1ccc(-c2ccc(-c3c4ccccc4c(-c4ccccc4)c4ccccc34)cc2)cc1C#N. The maximum atomic E-state index is 10.4. The van der Waals surface area contributed by atoms with Crippen molar-refractivity contribution < 1.29 is 0 Å². The Kier molecular flexibility index (Phi) is 6.58. The number of fused-ring (bicyclic) bond motifs is 5.